The molecule has 0 aromatic carbocycles. The average Bonchev–Trinajstić information content (AvgIpc) is 2.78. The van der Waals surface area contributed by atoms with E-state index in [2.05, 4.69) is 16.1 Å². The summed E-state index contributed by atoms with van der Waals surface area (Å²) in [7, 11) is 0. The molecule has 1 radical (unpaired) electrons. The highest BCUT2D eigenvalue weighted by Gasteiger charge is 2.05. The SMILES string of the molecule is Cc1ccnc(OCCn2c[c]c(C(N)=O)n2)c1. The fraction of sp³-hybridized carbons (Fsp3) is 0.250. The van der Waals surface area contributed by atoms with Gasteiger partial charge in [-0.05, 0) is 18.6 Å². The van der Waals surface area contributed by atoms with Crippen LogP contribution in [-0.2, 0) is 6.54 Å². The van der Waals surface area contributed by atoms with Crippen LogP contribution in [0.2, 0.25) is 0 Å². The van der Waals surface area contributed by atoms with E-state index < -0.39 is 5.91 Å². The topological polar surface area (TPSA) is 83.0 Å². The number of nitrogens with two attached hydrogens (primary N) is 1. The van der Waals surface area contributed by atoms with E-state index in [4.69, 9.17) is 10.5 Å². The number of hydrogen-bond donors (Lipinski definition) is 1. The first kappa shape index (κ1) is 12.1. The van der Waals surface area contributed by atoms with Crippen LogP contribution in [0.1, 0.15) is 16.1 Å². The minimum Gasteiger partial charge on any atom is -0.476 e. The fourth-order valence-electron chi connectivity index (χ4n) is 1.39. The summed E-state index contributed by atoms with van der Waals surface area (Å²) in [6.45, 7) is 2.87. The number of hydrogen-bond acceptors (Lipinski definition) is 4. The van der Waals surface area contributed by atoms with Crippen LogP contribution >= 0.6 is 0 Å². The van der Waals surface area contributed by atoms with Crippen molar-refractivity contribution in [2.75, 3.05) is 6.61 Å². The first-order chi connectivity index (χ1) is 8.65. The highest BCUT2D eigenvalue weighted by atomic mass is 16.5. The summed E-state index contributed by atoms with van der Waals surface area (Å²) in [5, 5.41) is 3.94. The van der Waals surface area contributed by atoms with E-state index in [9.17, 15) is 4.79 Å². The third-order valence-corrected chi connectivity index (χ3v) is 2.27. The molecule has 0 bridgehead atoms. The first-order valence-corrected chi connectivity index (χ1v) is 5.45. The average molecular weight is 245 g/mol. The highest BCUT2D eigenvalue weighted by molar-refractivity contribution is 5.90. The van der Waals surface area contributed by atoms with Gasteiger partial charge in [-0.3, -0.25) is 9.48 Å². The number of aromatic nitrogens is 3. The van der Waals surface area contributed by atoms with Gasteiger partial charge in [0.2, 0.25) is 5.88 Å². The van der Waals surface area contributed by atoms with Crippen molar-refractivity contribution in [3.63, 3.8) is 0 Å². The predicted molar refractivity (Wildman–Crippen MR) is 64.0 cm³/mol. The monoisotopic (exact) mass is 245 g/mol. The summed E-state index contributed by atoms with van der Waals surface area (Å²) < 4.78 is 7.01. The molecule has 2 N–H and O–H groups in total. The number of nitrogens with zero attached hydrogens (tertiary/aromatic N) is 3. The van der Waals surface area contributed by atoms with Crippen molar-refractivity contribution in [1.82, 2.24) is 14.8 Å². The van der Waals surface area contributed by atoms with Gasteiger partial charge in [-0.15, -0.1) is 0 Å². The van der Waals surface area contributed by atoms with Gasteiger partial charge in [-0.25, -0.2) is 4.98 Å². The third-order valence-electron chi connectivity index (χ3n) is 2.27. The lowest BCUT2D eigenvalue weighted by molar-refractivity contribution is 0.0994. The normalized spacial score (nSPS) is 10.3. The molecule has 0 aliphatic rings. The first-order valence-electron chi connectivity index (χ1n) is 5.45. The molecule has 0 saturated heterocycles. The molecule has 0 aliphatic carbocycles. The number of amides is 1. The van der Waals surface area contributed by atoms with E-state index in [1.165, 1.54) is 0 Å². The summed E-state index contributed by atoms with van der Waals surface area (Å²) in [5.41, 5.74) is 6.29. The molecule has 0 atom stereocenters. The molecule has 93 valence electrons. The Kier molecular flexibility index (Phi) is 3.57. The molecule has 2 heterocycles. The van der Waals surface area contributed by atoms with Crippen molar-refractivity contribution >= 4 is 5.91 Å². The number of aryl methyl sites for hydroxylation is 1. The quantitative estimate of drug-likeness (QED) is 0.834. The largest absolute Gasteiger partial charge is 0.476 e. The number of pyridine rings is 1. The molecule has 0 spiro atoms. The van der Waals surface area contributed by atoms with Gasteiger partial charge in [-0.2, -0.15) is 5.10 Å². The summed E-state index contributed by atoms with van der Waals surface area (Å²) in [6, 6.07) is 6.42. The molecule has 0 fully saturated rings. The Morgan fingerprint density at radius 1 is 1.61 bits per heavy atom. The zero-order chi connectivity index (χ0) is 13.0. The van der Waals surface area contributed by atoms with E-state index in [-0.39, 0.29) is 5.69 Å². The lowest BCUT2D eigenvalue weighted by Crippen LogP contribution is -2.14. The second kappa shape index (κ2) is 5.31. The van der Waals surface area contributed by atoms with Crippen LogP contribution in [0.3, 0.4) is 0 Å². The van der Waals surface area contributed by atoms with Crippen LogP contribution in [0.4, 0.5) is 0 Å². The number of primary amides is 1. The molecule has 0 saturated carbocycles. The smallest absolute Gasteiger partial charge is 0.269 e. The number of ether oxygens (including phenoxy) is 1. The van der Waals surface area contributed by atoms with Crippen molar-refractivity contribution < 1.29 is 9.53 Å². The van der Waals surface area contributed by atoms with E-state index in [0.29, 0.717) is 19.0 Å². The van der Waals surface area contributed by atoms with Crippen LogP contribution in [0.25, 0.3) is 0 Å². The van der Waals surface area contributed by atoms with Crippen molar-refractivity contribution in [3.8, 4) is 5.88 Å². The molecule has 18 heavy (non-hydrogen) atoms. The second-order valence-corrected chi connectivity index (χ2v) is 3.77. The second-order valence-electron chi connectivity index (χ2n) is 3.77. The van der Waals surface area contributed by atoms with Crippen molar-refractivity contribution in [2.45, 2.75) is 13.5 Å². The molecular formula is C12H13N4O2. The van der Waals surface area contributed by atoms with Crippen LogP contribution in [0.15, 0.2) is 24.5 Å². The van der Waals surface area contributed by atoms with Gasteiger partial charge in [0.05, 0.1) is 6.54 Å². The molecule has 6 nitrogen and oxygen atoms in total. The zero-order valence-corrected chi connectivity index (χ0v) is 9.96. The van der Waals surface area contributed by atoms with Crippen molar-refractivity contribution in [1.29, 1.82) is 0 Å². The van der Waals surface area contributed by atoms with Gasteiger partial charge in [0.1, 0.15) is 6.61 Å². The molecule has 6 heteroatoms. The Bertz CT molecular complexity index is 551. The highest BCUT2D eigenvalue weighted by Crippen LogP contribution is 2.07. The number of rotatable bonds is 5. The number of carbonyl (C=O) groups is 1. The van der Waals surface area contributed by atoms with Crippen LogP contribution in [0, 0.1) is 13.0 Å². The predicted octanol–water partition coefficient (Wildman–Crippen LogP) is 0.565. The van der Waals surface area contributed by atoms with Gasteiger partial charge in [0, 0.05) is 24.5 Å². The molecule has 0 unspecified atom stereocenters. The van der Waals surface area contributed by atoms with Gasteiger partial charge in [-0.1, -0.05) is 0 Å². The molecule has 2 aromatic heterocycles. The fourth-order valence-corrected chi connectivity index (χ4v) is 1.39. The standard InChI is InChI=1S/C12H13N4O2/c1-9-2-4-14-11(8-9)18-7-6-16-5-3-10(15-16)12(13)17/h2,4-5,8H,6-7H2,1H3,(H2,13,17). The maximum atomic E-state index is 10.8. The summed E-state index contributed by atoms with van der Waals surface area (Å²) in [6.07, 6.45) is 3.25. The van der Waals surface area contributed by atoms with Crippen molar-refractivity contribution in [3.05, 3.63) is 41.9 Å². The summed E-state index contributed by atoms with van der Waals surface area (Å²) in [4.78, 5) is 14.9. The lowest BCUT2D eigenvalue weighted by atomic mass is 10.3. The molecule has 2 rings (SSSR count). The van der Waals surface area contributed by atoms with Gasteiger partial charge in [0.25, 0.3) is 5.91 Å². The van der Waals surface area contributed by atoms with Gasteiger partial charge >= 0.3 is 0 Å². The molecule has 0 aliphatic heterocycles. The molecular weight excluding hydrogens is 232 g/mol. The van der Waals surface area contributed by atoms with Gasteiger partial charge in [0.15, 0.2) is 5.69 Å². The third kappa shape index (κ3) is 3.07. The van der Waals surface area contributed by atoms with E-state index in [1.807, 2.05) is 19.1 Å². The maximum Gasteiger partial charge on any atom is 0.269 e. The maximum absolute atomic E-state index is 10.8. The Morgan fingerprint density at radius 3 is 3.11 bits per heavy atom. The van der Waals surface area contributed by atoms with E-state index in [1.54, 1.807) is 17.1 Å². The van der Waals surface area contributed by atoms with Crippen LogP contribution in [0.5, 0.6) is 5.88 Å². The van der Waals surface area contributed by atoms with E-state index >= 15 is 0 Å². The lowest BCUT2D eigenvalue weighted by Gasteiger charge is -2.05. The van der Waals surface area contributed by atoms with Crippen LogP contribution in [-0.4, -0.2) is 27.3 Å². The summed E-state index contributed by atoms with van der Waals surface area (Å²) >= 11 is 0. The van der Waals surface area contributed by atoms with E-state index in [0.717, 1.165) is 5.56 Å². The number of carbonyl (C=O) groups excluding carboxylic acids is 1. The van der Waals surface area contributed by atoms with Gasteiger partial charge < -0.3 is 10.5 Å². The van der Waals surface area contributed by atoms with Crippen molar-refractivity contribution in [2.24, 2.45) is 5.73 Å². The summed E-state index contributed by atoms with van der Waals surface area (Å²) in [5.74, 6) is -0.0173. The Labute approximate surface area is 104 Å². The molecule has 2 aromatic rings. The van der Waals surface area contributed by atoms with Crippen LogP contribution < -0.4 is 10.5 Å². The Hall–Kier alpha value is -2.37. The minimum absolute atomic E-state index is 0.128. The minimum atomic E-state index is -0.588. The Balaban J connectivity index is 1.86. The Morgan fingerprint density at radius 2 is 2.44 bits per heavy atom. The zero-order valence-electron chi connectivity index (χ0n) is 9.96. The molecule has 1 amide bonds.